The number of rotatable bonds is 5. The molecule has 0 saturated carbocycles. The van der Waals surface area contributed by atoms with Crippen LogP contribution in [0.1, 0.15) is 10.4 Å². The smallest absolute Gasteiger partial charge is 0.389 e. The van der Waals surface area contributed by atoms with Crippen molar-refractivity contribution in [2.24, 2.45) is 10.3 Å². The van der Waals surface area contributed by atoms with Gasteiger partial charge in [-0.25, -0.2) is 4.79 Å². The number of carboxylic acid groups (broad SMARTS) is 1. The predicted molar refractivity (Wildman–Crippen MR) is 66.4 cm³/mol. The Bertz CT molecular complexity index is 550. The van der Waals surface area contributed by atoms with E-state index < -0.39 is 16.7 Å². The third-order valence-electron chi connectivity index (χ3n) is 1.90. The summed E-state index contributed by atoms with van der Waals surface area (Å²) in [5.74, 6) is -1.69. The Balaban J connectivity index is 2.83. The molecule has 0 amide bonds. The summed E-state index contributed by atoms with van der Waals surface area (Å²) >= 11 is 0. The SMILES string of the molecule is O=N/C=C/C(=N/Nc1ccc(C(=O)O)cc1)[N+](=O)[O-]. The van der Waals surface area contributed by atoms with Gasteiger partial charge >= 0.3 is 11.8 Å². The summed E-state index contributed by atoms with van der Waals surface area (Å²) in [4.78, 5) is 30.1. The number of nitrogens with one attached hydrogen (secondary N) is 1. The molecule has 98 valence electrons. The Morgan fingerprint density at radius 2 is 2.00 bits per heavy atom. The minimum atomic E-state index is -1.08. The van der Waals surface area contributed by atoms with Gasteiger partial charge in [-0.05, 0) is 34.4 Å². The molecule has 1 aromatic carbocycles. The van der Waals surface area contributed by atoms with Crippen LogP contribution in [0.3, 0.4) is 0 Å². The highest BCUT2D eigenvalue weighted by Gasteiger charge is 2.08. The monoisotopic (exact) mass is 264 g/mol. The molecule has 0 atom stereocenters. The van der Waals surface area contributed by atoms with Crippen molar-refractivity contribution in [3.63, 3.8) is 0 Å². The fourth-order valence-electron chi connectivity index (χ4n) is 1.05. The number of aromatic carboxylic acids is 1. The van der Waals surface area contributed by atoms with E-state index in [2.05, 4.69) is 15.7 Å². The first-order valence-corrected chi connectivity index (χ1v) is 4.85. The van der Waals surface area contributed by atoms with Gasteiger partial charge in [-0.1, -0.05) is 0 Å². The number of hydrazone groups is 1. The van der Waals surface area contributed by atoms with E-state index in [1.165, 1.54) is 24.3 Å². The van der Waals surface area contributed by atoms with Crippen LogP contribution in [0.4, 0.5) is 5.69 Å². The number of nitroso groups, excluding NO2 is 1. The van der Waals surface area contributed by atoms with Crippen molar-refractivity contribution in [2.75, 3.05) is 5.43 Å². The van der Waals surface area contributed by atoms with Gasteiger partial charge in [-0.2, -0.15) is 5.43 Å². The number of amidine groups is 1. The summed E-state index contributed by atoms with van der Waals surface area (Å²) in [5.41, 5.74) is 2.80. The van der Waals surface area contributed by atoms with Gasteiger partial charge in [0.15, 0.2) is 0 Å². The molecular weight excluding hydrogens is 256 g/mol. The Labute approximate surface area is 106 Å². The summed E-state index contributed by atoms with van der Waals surface area (Å²) in [6.45, 7) is 0. The summed E-state index contributed by atoms with van der Waals surface area (Å²) in [7, 11) is 0. The van der Waals surface area contributed by atoms with Crippen LogP contribution in [0, 0.1) is 15.0 Å². The minimum Gasteiger partial charge on any atom is -0.478 e. The molecular formula is C10H8N4O5. The second kappa shape index (κ2) is 6.59. The average Bonchev–Trinajstić information content (AvgIpc) is 2.39. The van der Waals surface area contributed by atoms with Crippen LogP contribution in [0.2, 0.25) is 0 Å². The molecule has 9 heteroatoms. The van der Waals surface area contributed by atoms with E-state index >= 15 is 0 Å². The van der Waals surface area contributed by atoms with Gasteiger partial charge in [0.2, 0.25) is 0 Å². The van der Waals surface area contributed by atoms with Crippen LogP contribution in [0.25, 0.3) is 0 Å². The first kappa shape index (κ1) is 14.0. The van der Waals surface area contributed by atoms with Crippen molar-refractivity contribution in [1.29, 1.82) is 0 Å². The quantitative estimate of drug-likeness (QED) is 0.273. The van der Waals surface area contributed by atoms with Crippen LogP contribution >= 0.6 is 0 Å². The molecule has 0 aliphatic rings. The van der Waals surface area contributed by atoms with Crippen molar-refractivity contribution >= 4 is 17.5 Å². The number of nitro groups is 1. The van der Waals surface area contributed by atoms with Gasteiger partial charge < -0.3 is 15.2 Å². The second-order valence-corrected chi connectivity index (χ2v) is 3.14. The normalized spacial score (nSPS) is 11.3. The predicted octanol–water partition coefficient (Wildman–Crippen LogP) is 1.67. The first-order valence-electron chi connectivity index (χ1n) is 4.85. The van der Waals surface area contributed by atoms with Crippen molar-refractivity contribution in [2.45, 2.75) is 0 Å². The van der Waals surface area contributed by atoms with E-state index in [0.29, 0.717) is 11.9 Å². The van der Waals surface area contributed by atoms with Crippen LogP contribution < -0.4 is 5.43 Å². The van der Waals surface area contributed by atoms with E-state index in [0.717, 1.165) is 6.08 Å². The number of hydrogen-bond donors (Lipinski definition) is 2. The number of benzene rings is 1. The lowest BCUT2D eigenvalue weighted by atomic mass is 10.2. The summed E-state index contributed by atoms with van der Waals surface area (Å²) in [6.07, 6.45) is 1.52. The zero-order chi connectivity index (χ0) is 14.3. The highest BCUT2D eigenvalue weighted by molar-refractivity contribution is 5.88. The second-order valence-electron chi connectivity index (χ2n) is 3.14. The number of anilines is 1. The number of carbonyl (C=O) groups is 1. The summed E-state index contributed by atoms with van der Waals surface area (Å²) < 4.78 is 0. The molecule has 0 fully saturated rings. The maximum absolute atomic E-state index is 10.6. The standard InChI is InChI=1S/C10H8N4O5/c15-10(16)7-1-3-8(4-2-7)12-13-9(14(18)19)5-6-11-17/h1-6,12H,(H,15,16)/b6-5+,13-9-. The average molecular weight is 264 g/mol. The van der Waals surface area contributed by atoms with Crippen molar-refractivity contribution in [3.05, 3.63) is 57.1 Å². The van der Waals surface area contributed by atoms with Gasteiger partial charge in [-0.3, -0.25) is 0 Å². The van der Waals surface area contributed by atoms with Gasteiger partial charge in [0.25, 0.3) is 0 Å². The molecule has 2 N–H and O–H groups in total. The van der Waals surface area contributed by atoms with Crippen LogP contribution in [-0.2, 0) is 0 Å². The Kier molecular flexibility index (Phi) is 4.84. The molecule has 0 saturated heterocycles. The van der Waals surface area contributed by atoms with E-state index in [9.17, 15) is 19.8 Å². The number of nitrogens with zero attached hydrogens (tertiary/aromatic N) is 3. The molecule has 0 unspecified atom stereocenters. The van der Waals surface area contributed by atoms with Gasteiger partial charge in [-0.15, -0.1) is 4.91 Å². The lowest BCUT2D eigenvalue weighted by molar-refractivity contribution is -0.348. The Morgan fingerprint density at radius 3 is 2.47 bits per heavy atom. The molecule has 0 aliphatic carbocycles. The maximum atomic E-state index is 10.6. The Morgan fingerprint density at radius 1 is 1.37 bits per heavy atom. The fourth-order valence-corrected chi connectivity index (χ4v) is 1.05. The zero-order valence-corrected chi connectivity index (χ0v) is 9.39. The highest BCUT2D eigenvalue weighted by Crippen LogP contribution is 2.09. The lowest BCUT2D eigenvalue weighted by Crippen LogP contribution is -2.10. The van der Waals surface area contributed by atoms with Crippen LogP contribution in [-0.4, -0.2) is 21.8 Å². The molecule has 0 radical (unpaired) electrons. The molecule has 0 spiro atoms. The molecule has 19 heavy (non-hydrogen) atoms. The molecule has 1 aromatic rings. The fraction of sp³-hybridized carbons (Fsp3) is 0. The van der Waals surface area contributed by atoms with Gasteiger partial charge in [0.1, 0.15) is 0 Å². The van der Waals surface area contributed by atoms with Crippen molar-refractivity contribution < 1.29 is 14.8 Å². The molecule has 0 aromatic heterocycles. The third-order valence-corrected chi connectivity index (χ3v) is 1.90. The molecule has 0 heterocycles. The van der Waals surface area contributed by atoms with Crippen molar-refractivity contribution in [1.82, 2.24) is 0 Å². The van der Waals surface area contributed by atoms with E-state index in [1.807, 2.05) is 0 Å². The lowest BCUT2D eigenvalue weighted by Gasteiger charge is -1.97. The van der Waals surface area contributed by atoms with Gasteiger partial charge in [0, 0.05) is 0 Å². The highest BCUT2D eigenvalue weighted by atomic mass is 16.6. The summed E-state index contributed by atoms with van der Waals surface area (Å²) in [6, 6.07) is 5.42. The largest absolute Gasteiger partial charge is 0.478 e. The maximum Gasteiger partial charge on any atom is 0.389 e. The van der Waals surface area contributed by atoms with Crippen LogP contribution in [0.15, 0.2) is 46.8 Å². The molecule has 0 bridgehead atoms. The van der Waals surface area contributed by atoms with E-state index in [1.54, 1.807) is 0 Å². The Hall–Kier alpha value is -3.10. The molecule has 0 aliphatic heterocycles. The summed E-state index contributed by atoms with van der Waals surface area (Å²) in [5, 5.41) is 25.0. The van der Waals surface area contributed by atoms with E-state index in [-0.39, 0.29) is 5.56 Å². The van der Waals surface area contributed by atoms with Gasteiger partial charge in [0.05, 0.1) is 28.6 Å². The molecule has 9 nitrogen and oxygen atoms in total. The minimum absolute atomic E-state index is 0.0779. The first-order chi connectivity index (χ1) is 9.04. The zero-order valence-electron chi connectivity index (χ0n) is 9.39. The van der Waals surface area contributed by atoms with Crippen LogP contribution in [0.5, 0.6) is 0 Å². The van der Waals surface area contributed by atoms with Crippen molar-refractivity contribution in [3.8, 4) is 0 Å². The number of carboxylic acids is 1. The van der Waals surface area contributed by atoms with E-state index in [4.69, 9.17) is 5.11 Å². The number of hydrogen-bond acceptors (Lipinski definition) is 7. The third kappa shape index (κ3) is 4.34. The molecule has 1 rings (SSSR count). The topological polar surface area (TPSA) is 134 Å².